The highest BCUT2D eigenvalue weighted by molar-refractivity contribution is 5.39. The highest BCUT2D eigenvalue weighted by Crippen LogP contribution is 2.19. The molecule has 8 nitrogen and oxygen atoms in total. The molecule has 0 spiro atoms. The number of ether oxygens (including phenoxy) is 2. The second-order valence-corrected chi connectivity index (χ2v) is 5.62. The van der Waals surface area contributed by atoms with Gasteiger partial charge in [-0.25, -0.2) is 19.9 Å². The second kappa shape index (κ2) is 7.98. The summed E-state index contributed by atoms with van der Waals surface area (Å²) < 4.78 is 10.5. The van der Waals surface area contributed by atoms with Crippen molar-refractivity contribution in [1.29, 1.82) is 0 Å². The van der Waals surface area contributed by atoms with E-state index in [1.165, 1.54) is 0 Å². The van der Waals surface area contributed by atoms with E-state index >= 15 is 0 Å². The SMILES string of the molecule is COCc1cnc(N2CCN(c3ncccn3)C(COC)C2)nc1. The van der Waals surface area contributed by atoms with Crippen LogP contribution >= 0.6 is 0 Å². The average molecular weight is 330 g/mol. The van der Waals surface area contributed by atoms with Crippen LogP contribution in [-0.4, -0.2) is 66.4 Å². The number of rotatable bonds is 6. The molecule has 1 fully saturated rings. The zero-order chi connectivity index (χ0) is 16.8. The van der Waals surface area contributed by atoms with E-state index in [0.717, 1.165) is 37.1 Å². The number of hydrogen-bond acceptors (Lipinski definition) is 8. The van der Waals surface area contributed by atoms with Gasteiger partial charge in [0.25, 0.3) is 0 Å². The van der Waals surface area contributed by atoms with Crippen molar-refractivity contribution in [3.05, 3.63) is 36.4 Å². The molecule has 8 heteroatoms. The molecule has 0 amide bonds. The Labute approximate surface area is 141 Å². The fraction of sp³-hybridized carbons (Fsp3) is 0.500. The molecule has 0 saturated carbocycles. The van der Waals surface area contributed by atoms with Crippen LogP contribution in [0.15, 0.2) is 30.9 Å². The summed E-state index contributed by atoms with van der Waals surface area (Å²) in [6.45, 7) is 3.47. The Kier molecular flexibility index (Phi) is 5.50. The first-order chi connectivity index (χ1) is 11.8. The summed E-state index contributed by atoms with van der Waals surface area (Å²) in [6.07, 6.45) is 7.14. The lowest BCUT2D eigenvalue weighted by Gasteiger charge is -2.41. The molecule has 0 bridgehead atoms. The summed E-state index contributed by atoms with van der Waals surface area (Å²) >= 11 is 0. The van der Waals surface area contributed by atoms with Crippen LogP contribution in [0.3, 0.4) is 0 Å². The monoisotopic (exact) mass is 330 g/mol. The highest BCUT2D eigenvalue weighted by atomic mass is 16.5. The van der Waals surface area contributed by atoms with Gasteiger partial charge in [0.2, 0.25) is 11.9 Å². The summed E-state index contributed by atoms with van der Waals surface area (Å²) in [7, 11) is 3.37. The Balaban J connectivity index is 1.72. The minimum atomic E-state index is 0.147. The maximum Gasteiger partial charge on any atom is 0.225 e. The number of aromatic nitrogens is 4. The van der Waals surface area contributed by atoms with E-state index < -0.39 is 0 Å². The first-order valence-corrected chi connectivity index (χ1v) is 7.89. The molecule has 3 rings (SSSR count). The molecular weight excluding hydrogens is 308 g/mol. The Morgan fingerprint density at radius 1 is 1.00 bits per heavy atom. The van der Waals surface area contributed by atoms with Crippen LogP contribution in [0.5, 0.6) is 0 Å². The Hall–Kier alpha value is -2.32. The number of anilines is 2. The molecule has 0 aromatic carbocycles. The van der Waals surface area contributed by atoms with Crippen molar-refractivity contribution in [1.82, 2.24) is 19.9 Å². The number of piperazine rings is 1. The van der Waals surface area contributed by atoms with Crippen molar-refractivity contribution in [3.63, 3.8) is 0 Å². The highest BCUT2D eigenvalue weighted by Gasteiger charge is 2.29. The van der Waals surface area contributed by atoms with Gasteiger partial charge in [-0.15, -0.1) is 0 Å². The third kappa shape index (κ3) is 3.77. The fourth-order valence-corrected chi connectivity index (χ4v) is 2.83. The Morgan fingerprint density at radius 3 is 2.42 bits per heavy atom. The average Bonchev–Trinajstić information content (AvgIpc) is 2.64. The van der Waals surface area contributed by atoms with Gasteiger partial charge in [0.05, 0.1) is 19.3 Å². The van der Waals surface area contributed by atoms with Crippen LogP contribution in [0.4, 0.5) is 11.9 Å². The Morgan fingerprint density at radius 2 is 1.75 bits per heavy atom. The van der Waals surface area contributed by atoms with Crippen LogP contribution in [-0.2, 0) is 16.1 Å². The van der Waals surface area contributed by atoms with Gasteiger partial charge < -0.3 is 19.3 Å². The standard InChI is InChI=1S/C16H22N6O2/c1-23-11-13-8-19-15(20-9-13)21-6-7-22(14(10-21)12-24-2)16-17-4-3-5-18-16/h3-5,8-9,14H,6-7,10-12H2,1-2H3. The minimum Gasteiger partial charge on any atom is -0.382 e. The maximum absolute atomic E-state index is 5.39. The molecule has 0 radical (unpaired) electrons. The smallest absolute Gasteiger partial charge is 0.225 e. The van der Waals surface area contributed by atoms with Gasteiger partial charge in [0.15, 0.2) is 0 Å². The van der Waals surface area contributed by atoms with Gasteiger partial charge in [-0.3, -0.25) is 0 Å². The zero-order valence-electron chi connectivity index (χ0n) is 14.0. The van der Waals surface area contributed by atoms with E-state index in [2.05, 4.69) is 29.7 Å². The van der Waals surface area contributed by atoms with Gasteiger partial charge in [0.1, 0.15) is 0 Å². The van der Waals surface area contributed by atoms with Crippen molar-refractivity contribution in [2.45, 2.75) is 12.6 Å². The van der Waals surface area contributed by atoms with Gasteiger partial charge >= 0.3 is 0 Å². The second-order valence-electron chi connectivity index (χ2n) is 5.62. The van der Waals surface area contributed by atoms with E-state index in [0.29, 0.717) is 13.2 Å². The first kappa shape index (κ1) is 16.5. The molecule has 0 aliphatic carbocycles. The predicted molar refractivity (Wildman–Crippen MR) is 90.0 cm³/mol. The van der Waals surface area contributed by atoms with E-state index in [1.807, 2.05) is 18.5 Å². The largest absolute Gasteiger partial charge is 0.382 e. The molecule has 1 aliphatic heterocycles. The number of hydrogen-bond donors (Lipinski definition) is 0. The van der Waals surface area contributed by atoms with Gasteiger partial charge in [-0.2, -0.15) is 0 Å². The molecule has 0 N–H and O–H groups in total. The fourth-order valence-electron chi connectivity index (χ4n) is 2.83. The summed E-state index contributed by atoms with van der Waals surface area (Å²) in [5.41, 5.74) is 0.964. The molecule has 2 aromatic rings. The lowest BCUT2D eigenvalue weighted by atomic mass is 10.2. The summed E-state index contributed by atoms with van der Waals surface area (Å²) in [5.74, 6) is 1.46. The van der Waals surface area contributed by atoms with E-state index in [9.17, 15) is 0 Å². The topological polar surface area (TPSA) is 76.5 Å². The molecule has 128 valence electrons. The first-order valence-electron chi connectivity index (χ1n) is 7.89. The predicted octanol–water partition coefficient (Wildman–Crippen LogP) is 0.755. The van der Waals surface area contributed by atoms with Gasteiger partial charge in [0, 0.05) is 64.2 Å². The molecule has 24 heavy (non-hydrogen) atoms. The maximum atomic E-state index is 5.39. The van der Waals surface area contributed by atoms with E-state index in [4.69, 9.17) is 9.47 Å². The number of nitrogens with zero attached hydrogens (tertiary/aromatic N) is 6. The molecular formula is C16H22N6O2. The summed E-state index contributed by atoms with van der Waals surface area (Å²) in [5, 5.41) is 0. The minimum absolute atomic E-state index is 0.147. The summed E-state index contributed by atoms with van der Waals surface area (Å²) in [4.78, 5) is 22.0. The van der Waals surface area contributed by atoms with E-state index in [1.54, 1.807) is 26.6 Å². The lowest BCUT2D eigenvalue weighted by molar-refractivity contribution is 0.173. The molecule has 1 unspecified atom stereocenters. The molecule has 1 atom stereocenters. The van der Waals surface area contributed by atoms with Crippen LogP contribution in [0.1, 0.15) is 5.56 Å². The van der Waals surface area contributed by atoms with Gasteiger partial charge in [-0.05, 0) is 6.07 Å². The lowest BCUT2D eigenvalue weighted by Crippen LogP contribution is -2.56. The van der Waals surface area contributed by atoms with Crippen LogP contribution < -0.4 is 9.80 Å². The third-order valence-electron chi connectivity index (χ3n) is 3.94. The normalized spacial score (nSPS) is 18.0. The molecule has 1 aliphatic rings. The summed E-state index contributed by atoms with van der Waals surface area (Å²) in [6, 6.07) is 1.97. The van der Waals surface area contributed by atoms with Gasteiger partial charge in [-0.1, -0.05) is 0 Å². The van der Waals surface area contributed by atoms with Crippen LogP contribution in [0.25, 0.3) is 0 Å². The van der Waals surface area contributed by atoms with Crippen molar-refractivity contribution in [3.8, 4) is 0 Å². The van der Waals surface area contributed by atoms with Crippen molar-refractivity contribution < 1.29 is 9.47 Å². The molecule has 3 heterocycles. The third-order valence-corrected chi connectivity index (χ3v) is 3.94. The van der Waals surface area contributed by atoms with E-state index in [-0.39, 0.29) is 6.04 Å². The number of methoxy groups -OCH3 is 2. The molecule has 1 saturated heterocycles. The Bertz CT molecular complexity index is 624. The zero-order valence-corrected chi connectivity index (χ0v) is 14.0. The van der Waals surface area contributed by atoms with Crippen molar-refractivity contribution in [2.24, 2.45) is 0 Å². The van der Waals surface area contributed by atoms with Crippen LogP contribution in [0, 0.1) is 0 Å². The molecule has 2 aromatic heterocycles. The quantitative estimate of drug-likeness (QED) is 0.768. The van der Waals surface area contributed by atoms with Crippen LogP contribution in [0.2, 0.25) is 0 Å². The van der Waals surface area contributed by atoms with Crippen molar-refractivity contribution >= 4 is 11.9 Å². The van der Waals surface area contributed by atoms with Crippen molar-refractivity contribution in [2.75, 3.05) is 50.3 Å².